The molecule has 5 rings (SSSR count). The lowest BCUT2D eigenvalue weighted by molar-refractivity contribution is -0.123. The lowest BCUT2D eigenvalue weighted by Gasteiger charge is -2.21. The van der Waals surface area contributed by atoms with Crippen LogP contribution in [0.4, 0.5) is 5.69 Å². The topological polar surface area (TPSA) is 37.4 Å². The van der Waals surface area contributed by atoms with E-state index < -0.39 is 0 Å². The molecule has 1 spiro atoms. The summed E-state index contributed by atoms with van der Waals surface area (Å²) < 4.78 is 0. The average Bonchev–Trinajstić information content (AvgIpc) is 3.05. The summed E-state index contributed by atoms with van der Waals surface area (Å²) in [6.07, 6.45) is 6.71. The summed E-state index contributed by atoms with van der Waals surface area (Å²) in [7, 11) is 0. The molecule has 21 heavy (non-hydrogen) atoms. The zero-order chi connectivity index (χ0) is 14.4. The first-order valence-corrected chi connectivity index (χ1v) is 7.83. The molecule has 1 aromatic carbocycles. The van der Waals surface area contributed by atoms with Crippen LogP contribution in [0.15, 0.2) is 36.4 Å². The molecule has 4 heteroatoms. The number of rotatable bonds is 1. The molecule has 4 unspecified atom stereocenters. The van der Waals surface area contributed by atoms with Crippen LogP contribution >= 0.6 is 11.6 Å². The van der Waals surface area contributed by atoms with Gasteiger partial charge in [0.15, 0.2) is 0 Å². The van der Waals surface area contributed by atoms with Crippen molar-refractivity contribution in [3.63, 3.8) is 0 Å². The first-order valence-electron chi connectivity index (χ1n) is 7.45. The third kappa shape index (κ3) is 1.27. The SMILES string of the molecule is O=C1C2C(C(=O)N1c1cccc(Cl)c1)C1C=CC2C12CC2. The van der Waals surface area contributed by atoms with Gasteiger partial charge in [-0.2, -0.15) is 0 Å². The number of carbonyl (C=O) groups excluding carboxylic acids is 2. The summed E-state index contributed by atoms with van der Waals surface area (Å²) >= 11 is 6.00. The summed E-state index contributed by atoms with van der Waals surface area (Å²) in [6.45, 7) is 0. The van der Waals surface area contributed by atoms with E-state index in [2.05, 4.69) is 12.2 Å². The fourth-order valence-electron chi connectivity index (χ4n) is 4.95. The van der Waals surface area contributed by atoms with Gasteiger partial charge in [-0.25, -0.2) is 4.90 Å². The Balaban J connectivity index is 1.59. The van der Waals surface area contributed by atoms with E-state index in [1.807, 2.05) is 0 Å². The van der Waals surface area contributed by atoms with Crippen LogP contribution in [0.1, 0.15) is 12.8 Å². The highest BCUT2D eigenvalue weighted by atomic mass is 35.5. The molecule has 2 amide bonds. The second-order valence-electron chi connectivity index (χ2n) is 6.71. The van der Waals surface area contributed by atoms with E-state index in [1.165, 1.54) is 17.7 Å². The van der Waals surface area contributed by atoms with Crippen molar-refractivity contribution in [1.82, 2.24) is 0 Å². The molecule has 4 aliphatic rings. The van der Waals surface area contributed by atoms with Gasteiger partial charge in [-0.3, -0.25) is 9.59 Å². The molecule has 3 fully saturated rings. The zero-order valence-electron chi connectivity index (χ0n) is 11.3. The molecule has 1 saturated heterocycles. The molecule has 1 heterocycles. The Kier molecular flexibility index (Phi) is 2.05. The predicted octanol–water partition coefficient (Wildman–Crippen LogP) is 3.04. The van der Waals surface area contributed by atoms with Gasteiger partial charge < -0.3 is 0 Å². The van der Waals surface area contributed by atoms with E-state index in [0.29, 0.717) is 10.7 Å². The molecular formula is C17H14ClNO2. The quantitative estimate of drug-likeness (QED) is 0.590. The number of nitrogens with zero attached hydrogens (tertiary/aromatic N) is 1. The Hall–Kier alpha value is -1.61. The number of amides is 2. The maximum atomic E-state index is 12.8. The molecule has 1 aromatic rings. The highest BCUT2D eigenvalue weighted by Gasteiger charge is 2.73. The number of allylic oxidation sites excluding steroid dienone is 2. The van der Waals surface area contributed by atoms with Gasteiger partial charge in [-0.1, -0.05) is 29.8 Å². The van der Waals surface area contributed by atoms with Gasteiger partial charge in [0.05, 0.1) is 17.5 Å². The number of hydrogen-bond donors (Lipinski definition) is 0. The van der Waals surface area contributed by atoms with Crippen molar-refractivity contribution in [3.05, 3.63) is 41.4 Å². The Morgan fingerprint density at radius 3 is 2.19 bits per heavy atom. The van der Waals surface area contributed by atoms with Crippen molar-refractivity contribution in [1.29, 1.82) is 0 Å². The van der Waals surface area contributed by atoms with Crippen LogP contribution in [-0.2, 0) is 9.59 Å². The minimum Gasteiger partial charge on any atom is -0.274 e. The van der Waals surface area contributed by atoms with Crippen LogP contribution in [0.25, 0.3) is 0 Å². The van der Waals surface area contributed by atoms with E-state index in [9.17, 15) is 9.59 Å². The smallest absolute Gasteiger partial charge is 0.238 e. The summed E-state index contributed by atoms with van der Waals surface area (Å²) in [5.74, 6) is 0.190. The third-order valence-corrected chi connectivity index (χ3v) is 6.15. The van der Waals surface area contributed by atoms with E-state index >= 15 is 0 Å². The summed E-state index contributed by atoms with van der Waals surface area (Å²) in [5.41, 5.74) is 0.859. The molecule has 3 aliphatic carbocycles. The maximum absolute atomic E-state index is 12.8. The number of hydrogen-bond acceptors (Lipinski definition) is 2. The molecule has 2 bridgehead atoms. The van der Waals surface area contributed by atoms with Crippen LogP contribution in [0, 0.1) is 29.1 Å². The molecular weight excluding hydrogens is 286 g/mol. The molecule has 0 N–H and O–H groups in total. The zero-order valence-corrected chi connectivity index (χ0v) is 12.1. The van der Waals surface area contributed by atoms with Gasteiger partial charge in [0.25, 0.3) is 0 Å². The van der Waals surface area contributed by atoms with Crippen molar-refractivity contribution in [3.8, 4) is 0 Å². The largest absolute Gasteiger partial charge is 0.274 e. The van der Waals surface area contributed by atoms with Crippen molar-refractivity contribution in [2.45, 2.75) is 12.8 Å². The highest BCUT2D eigenvalue weighted by molar-refractivity contribution is 6.31. The van der Waals surface area contributed by atoms with Gasteiger partial charge in [-0.05, 0) is 48.3 Å². The Bertz CT molecular complexity index is 687. The Morgan fingerprint density at radius 1 is 1.05 bits per heavy atom. The van der Waals surface area contributed by atoms with Crippen LogP contribution in [-0.4, -0.2) is 11.8 Å². The third-order valence-electron chi connectivity index (χ3n) is 5.92. The van der Waals surface area contributed by atoms with E-state index in [4.69, 9.17) is 11.6 Å². The number of halogens is 1. The number of anilines is 1. The minimum atomic E-state index is -0.144. The molecule has 3 nitrogen and oxygen atoms in total. The number of carbonyl (C=O) groups is 2. The predicted molar refractivity (Wildman–Crippen MR) is 78.7 cm³/mol. The fourth-order valence-corrected chi connectivity index (χ4v) is 5.13. The van der Waals surface area contributed by atoms with Gasteiger partial charge in [0, 0.05) is 5.02 Å². The second kappa shape index (κ2) is 3.58. The van der Waals surface area contributed by atoms with Gasteiger partial charge in [0.2, 0.25) is 11.8 Å². The molecule has 4 atom stereocenters. The van der Waals surface area contributed by atoms with Crippen molar-refractivity contribution in [2.75, 3.05) is 4.90 Å². The van der Waals surface area contributed by atoms with Crippen molar-refractivity contribution >= 4 is 29.1 Å². The molecule has 106 valence electrons. The fraction of sp³-hybridized carbons (Fsp3) is 0.412. The molecule has 1 aliphatic heterocycles. The maximum Gasteiger partial charge on any atom is 0.238 e. The number of benzene rings is 1. The Labute approximate surface area is 127 Å². The van der Waals surface area contributed by atoms with Crippen LogP contribution in [0.3, 0.4) is 0 Å². The average molecular weight is 300 g/mol. The van der Waals surface area contributed by atoms with Crippen LogP contribution in [0.2, 0.25) is 5.02 Å². The lowest BCUT2D eigenvalue weighted by Crippen LogP contribution is -2.34. The van der Waals surface area contributed by atoms with Crippen LogP contribution in [0.5, 0.6) is 0 Å². The van der Waals surface area contributed by atoms with Gasteiger partial charge >= 0.3 is 0 Å². The lowest BCUT2D eigenvalue weighted by atomic mass is 9.85. The standard InChI is InChI=1S/C17H14ClNO2/c18-9-2-1-3-10(8-9)19-15(20)13-11-4-5-12(14(13)16(19)21)17(11)6-7-17/h1-5,8,11-14H,6-7H2. The Morgan fingerprint density at radius 2 is 1.67 bits per heavy atom. The van der Waals surface area contributed by atoms with Crippen LogP contribution < -0.4 is 4.90 Å². The monoisotopic (exact) mass is 299 g/mol. The summed E-state index contributed by atoms with van der Waals surface area (Å²) in [6, 6.07) is 7.01. The van der Waals surface area contributed by atoms with Crippen molar-refractivity contribution in [2.24, 2.45) is 29.1 Å². The van der Waals surface area contributed by atoms with E-state index in [1.54, 1.807) is 24.3 Å². The normalized spacial score (nSPS) is 37.7. The number of fused-ring (bicyclic) bond motifs is 3. The van der Waals surface area contributed by atoms with E-state index in [0.717, 1.165) is 0 Å². The molecule has 0 aromatic heterocycles. The van der Waals surface area contributed by atoms with Gasteiger partial charge in [0.1, 0.15) is 0 Å². The second-order valence-corrected chi connectivity index (χ2v) is 7.15. The highest BCUT2D eigenvalue weighted by Crippen LogP contribution is 2.73. The first-order chi connectivity index (χ1) is 10.1. The summed E-state index contributed by atoms with van der Waals surface area (Å²) in [4.78, 5) is 27.0. The minimum absolute atomic E-state index is 0.0320. The summed E-state index contributed by atoms with van der Waals surface area (Å²) in [5, 5.41) is 0.546. The first kappa shape index (κ1) is 12.0. The molecule has 2 saturated carbocycles. The molecule has 0 radical (unpaired) electrons. The van der Waals surface area contributed by atoms with Gasteiger partial charge in [-0.15, -0.1) is 0 Å². The number of imide groups is 1. The van der Waals surface area contributed by atoms with E-state index in [-0.39, 0.29) is 40.9 Å². The van der Waals surface area contributed by atoms with Crippen molar-refractivity contribution < 1.29 is 9.59 Å².